The van der Waals surface area contributed by atoms with Crippen LogP contribution in [-0.2, 0) is 17.8 Å². The summed E-state index contributed by atoms with van der Waals surface area (Å²) in [6.45, 7) is 4.36. The van der Waals surface area contributed by atoms with Crippen molar-refractivity contribution in [3.05, 3.63) is 113 Å². The van der Waals surface area contributed by atoms with Gasteiger partial charge in [-0.1, -0.05) is 50.2 Å². The SMILES string of the molecule is CC(C)C(=O)N1CCc2ccc(OCc3nc(C(=O)Nc4ccccc4)co3)cc2[C@H]1c1ccc(F)cc1. The third-order valence-electron chi connectivity index (χ3n) is 6.49. The summed E-state index contributed by atoms with van der Waals surface area (Å²) in [5.41, 5.74) is 3.69. The van der Waals surface area contributed by atoms with Crippen LogP contribution < -0.4 is 10.1 Å². The lowest BCUT2D eigenvalue weighted by Crippen LogP contribution is -2.42. The number of carbonyl (C=O) groups excluding carboxylic acids is 2. The van der Waals surface area contributed by atoms with E-state index in [9.17, 15) is 14.0 Å². The average Bonchev–Trinajstić information content (AvgIpc) is 3.41. The van der Waals surface area contributed by atoms with Crippen molar-refractivity contribution in [2.75, 3.05) is 11.9 Å². The number of aromatic nitrogens is 1. The summed E-state index contributed by atoms with van der Waals surface area (Å²) in [5, 5.41) is 2.77. The van der Waals surface area contributed by atoms with E-state index in [1.165, 1.54) is 18.4 Å². The van der Waals surface area contributed by atoms with Crippen LogP contribution in [0.5, 0.6) is 5.75 Å². The predicted octanol–water partition coefficient (Wildman–Crippen LogP) is 5.78. The number of nitrogens with one attached hydrogen (secondary N) is 1. The van der Waals surface area contributed by atoms with Gasteiger partial charge in [0.05, 0.1) is 6.04 Å². The Morgan fingerprint density at radius 2 is 1.87 bits per heavy atom. The summed E-state index contributed by atoms with van der Waals surface area (Å²) in [4.78, 5) is 31.7. The molecule has 5 rings (SSSR count). The lowest BCUT2D eigenvalue weighted by Gasteiger charge is -2.39. The van der Waals surface area contributed by atoms with Gasteiger partial charge in [-0.25, -0.2) is 9.37 Å². The lowest BCUT2D eigenvalue weighted by molar-refractivity contribution is -0.136. The monoisotopic (exact) mass is 513 g/mol. The van der Waals surface area contributed by atoms with Crippen molar-refractivity contribution >= 4 is 17.5 Å². The molecule has 2 amide bonds. The van der Waals surface area contributed by atoms with Crippen LogP contribution >= 0.6 is 0 Å². The highest BCUT2D eigenvalue weighted by Crippen LogP contribution is 2.38. The molecule has 0 aliphatic carbocycles. The van der Waals surface area contributed by atoms with E-state index in [-0.39, 0.29) is 47.8 Å². The Bertz CT molecular complexity index is 1430. The molecule has 3 aromatic carbocycles. The van der Waals surface area contributed by atoms with Crippen LogP contribution in [0, 0.1) is 11.7 Å². The zero-order valence-corrected chi connectivity index (χ0v) is 21.2. The molecule has 8 heteroatoms. The van der Waals surface area contributed by atoms with Crippen molar-refractivity contribution in [1.29, 1.82) is 0 Å². The first-order valence-electron chi connectivity index (χ1n) is 12.5. The number of halogens is 1. The molecule has 4 aromatic rings. The van der Waals surface area contributed by atoms with Crippen LogP contribution in [0.3, 0.4) is 0 Å². The van der Waals surface area contributed by atoms with E-state index < -0.39 is 0 Å². The molecule has 1 N–H and O–H groups in total. The molecule has 2 heterocycles. The summed E-state index contributed by atoms with van der Waals surface area (Å²) in [6.07, 6.45) is 2.01. The molecule has 1 aliphatic heterocycles. The van der Waals surface area contributed by atoms with Crippen LogP contribution in [-0.4, -0.2) is 28.2 Å². The highest BCUT2D eigenvalue weighted by atomic mass is 19.1. The van der Waals surface area contributed by atoms with Crippen LogP contribution in [0.25, 0.3) is 0 Å². The molecule has 1 aromatic heterocycles. The van der Waals surface area contributed by atoms with E-state index in [2.05, 4.69) is 10.3 Å². The molecule has 0 radical (unpaired) electrons. The van der Waals surface area contributed by atoms with Crippen molar-refractivity contribution in [3.8, 4) is 5.75 Å². The third kappa shape index (κ3) is 5.44. The van der Waals surface area contributed by atoms with Gasteiger partial charge in [-0.3, -0.25) is 9.59 Å². The Kier molecular flexibility index (Phi) is 7.22. The zero-order chi connectivity index (χ0) is 26.6. The molecular weight excluding hydrogens is 485 g/mol. The second-order valence-electron chi connectivity index (χ2n) is 9.49. The fourth-order valence-electron chi connectivity index (χ4n) is 4.60. The van der Waals surface area contributed by atoms with Gasteiger partial charge in [-0.15, -0.1) is 0 Å². The predicted molar refractivity (Wildman–Crippen MR) is 140 cm³/mol. The number of hydrogen-bond acceptors (Lipinski definition) is 5. The summed E-state index contributed by atoms with van der Waals surface area (Å²) in [5.74, 6) is -0.00568. The van der Waals surface area contributed by atoms with Gasteiger partial charge in [0.1, 0.15) is 17.8 Å². The quantitative estimate of drug-likeness (QED) is 0.339. The Morgan fingerprint density at radius 1 is 1.11 bits per heavy atom. The Hall–Kier alpha value is -4.46. The number of carbonyl (C=O) groups is 2. The zero-order valence-electron chi connectivity index (χ0n) is 21.2. The lowest BCUT2D eigenvalue weighted by atomic mass is 9.87. The second-order valence-corrected chi connectivity index (χ2v) is 9.49. The van der Waals surface area contributed by atoms with Crippen LogP contribution in [0.15, 0.2) is 83.5 Å². The molecule has 194 valence electrons. The Morgan fingerprint density at radius 3 is 2.61 bits per heavy atom. The minimum Gasteiger partial charge on any atom is -0.484 e. The standard InChI is InChI=1S/C30H28FN3O4/c1-19(2)30(36)34-15-14-20-10-13-24(16-25(20)28(34)21-8-11-22(31)12-9-21)37-18-27-33-26(17-38-27)29(35)32-23-6-4-3-5-7-23/h3-13,16-17,19,28H,14-15,18H2,1-2H3,(H,32,35)/t28-/m1/s1. The molecule has 0 spiro atoms. The number of hydrogen-bond donors (Lipinski definition) is 1. The van der Waals surface area contributed by atoms with E-state index in [0.717, 1.165) is 16.7 Å². The number of rotatable bonds is 7. The van der Waals surface area contributed by atoms with Crippen molar-refractivity contribution < 1.29 is 23.1 Å². The highest BCUT2D eigenvalue weighted by molar-refractivity contribution is 6.02. The molecule has 0 fully saturated rings. The van der Waals surface area contributed by atoms with Crippen molar-refractivity contribution in [3.63, 3.8) is 0 Å². The molecular formula is C30H28FN3O4. The normalized spacial score (nSPS) is 14.7. The van der Waals surface area contributed by atoms with Crippen LogP contribution in [0.1, 0.15) is 53.0 Å². The smallest absolute Gasteiger partial charge is 0.277 e. The summed E-state index contributed by atoms with van der Waals surface area (Å²) >= 11 is 0. The van der Waals surface area contributed by atoms with E-state index in [1.54, 1.807) is 24.3 Å². The third-order valence-corrected chi connectivity index (χ3v) is 6.49. The molecule has 0 saturated carbocycles. The summed E-state index contributed by atoms with van der Waals surface area (Å²) in [7, 11) is 0. The molecule has 0 bridgehead atoms. The van der Waals surface area contributed by atoms with Crippen molar-refractivity contribution in [2.24, 2.45) is 5.92 Å². The fraction of sp³-hybridized carbons (Fsp3) is 0.233. The average molecular weight is 514 g/mol. The first-order valence-corrected chi connectivity index (χ1v) is 12.5. The fourth-order valence-corrected chi connectivity index (χ4v) is 4.60. The number of amides is 2. The second kappa shape index (κ2) is 10.9. The largest absolute Gasteiger partial charge is 0.484 e. The van der Waals surface area contributed by atoms with E-state index in [1.807, 2.05) is 55.1 Å². The summed E-state index contributed by atoms with van der Waals surface area (Å²) < 4.78 is 25.1. The van der Waals surface area contributed by atoms with Crippen LogP contribution in [0.4, 0.5) is 10.1 Å². The number of benzene rings is 3. The number of ether oxygens (including phenoxy) is 1. The van der Waals surface area contributed by atoms with Gasteiger partial charge in [0.2, 0.25) is 11.8 Å². The van der Waals surface area contributed by atoms with Gasteiger partial charge >= 0.3 is 0 Å². The van der Waals surface area contributed by atoms with Crippen LogP contribution in [0.2, 0.25) is 0 Å². The molecule has 7 nitrogen and oxygen atoms in total. The maximum Gasteiger partial charge on any atom is 0.277 e. The van der Waals surface area contributed by atoms with Crippen molar-refractivity contribution in [2.45, 2.75) is 32.9 Å². The molecule has 38 heavy (non-hydrogen) atoms. The molecule has 1 atom stereocenters. The molecule has 0 unspecified atom stereocenters. The maximum atomic E-state index is 13.7. The van der Waals surface area contributed by atoms with Gasteiger partial charge in [-0.05, 0) is 59.5 Å². The van der Waals surface area contributed by atoms with Gasteiger partial charge in [0, 0.05) is 18.2 Å². The van der Waals surface area contributed by atoms with E-state index >= 15 is 0 Å². The van der Waals surface area contributed by atoms with Gasteiger partial charge in [0.15, 0.2) is 12.3 Å². The topological polar surface area (TPSA) is 84.7 Å². The highest BCUT2D eigenvalue weighted by Gasteiger charge is 2.33. The molecule has 1 aliphatic rings. The summed E-state index contributed by atoms with van der Waals surface area (Å²) in [6, 6.07) is 20.8. The van der Waals surface area contributed by atoms with Gasteiger partial charge in [-0.2, -0.15) is 0 Å². The van der Waals surface area contributed by atoms with Gasteiger partial charge in [0.25, 0.3) is 5.91 Å². The minimum absolute atomic E-state index is 0.0211. The first kappa shape index (κ1) is 25.2. The van der Waals surface area contributed by atoms with Gasteiger partial charge < -0.3 is 19.4 Å². The number of nitrogens with zero attached hydrogens (tertiary/aromatic N) is 2. The van der Waals surface area contributed by atoms with E-state index in [4.69, 9.17) is 9.15 Å². The van der Waals surface area contributed by atoms with E-state index in [0.29, 0.717) is 24.4 Å². The number of anilines is 1. The maximum absolute atomic E-state index is 13.7. The number of para-hydroxylation sites is 1. The Labute approximate surface area is 220 Å². The molecule has 0 saturated heterocycles. The van der Waals surface area contributed by atoms with Crippen molar-refractivity contribution in [1.82, 2.24) is 9.88 Å². The number of fused-ring (bicyclic) bond motifs is 1. The number of oxazole rings is 1. The minimum atomic E-state index is -0.378. The first-order chi connectivity index (χ1) is 18.4. The Balaban J connectivity index is 1.34.